The Balaban J connectivity index is 2.17. The minimum atomic E-state index is 0.401. The molecule has 0 amide bonds. The largest absolute Gasteiger partial charge is 0.430 e. The van der Waals surface area contributed by atoms with Crippen molar-refractivity contribution in [3.8, 4) is 6.07 Å². The van der Waals surface area contributed by atoms with Gasteiger partial charge in [-0.3, -0.25) is 0 Å². The van der Waals surface area contributed by atoms with Crippen molar-refractivity contribution in [1.82, 2.24) is 0 Å². The van der Waals surface area contributed by atoms with Crippen LogP contribution in [0.4, 0.5) is 5.88 Å². The number of nitriles is 1. The van der Waals surface area contributed by atoms with Crippen LogP contribution in [0.2, 0.25) is 0 Å². The van der Waals surface area contributed by atoms with E-state index in [0.29, 0.717) is 11.8 Å². The first-order valence-corrected chi connectivity index (χ1v) is 5.08. The molecule has 1 unspecified atom stereocenters. The van der Waals surface area contributed by atoms with Gasteiger partial charge in [0.1, 0.15) is 6.07 Å². The predicted octanol–water partition coefficient (Wildman–Crippen LogP) is 2.53. The molecule has 0 bridgehead atoms. The summed E-state index contributed by atoms with van der Waals surface area (Å²) >= 11 is 0. The van der Waals surface area contributed by atoms with E-state index in [4.69, 9.17) is 9.68 Å². The van der Waals surface area contributed by atoms with E-state index in [-0.39, 0.29) is 0 Å². The second-order valence-corrected chi connectivity index (χ2v) is 3.79. The zero-order valence-electron chi connectivity index (χ0n) is 8.36. The molecule has 2 rings (SSSR count). The van der Waals surface area contributed by atoms with Gasteiger partial charge in [0.2, 0.25) is 5.76 Å². The number of piperidine rings is 1. The lowest BCUT2D eigenvalue weighted by molar-refractivity contribution is 0.438. The molecule has 3 heteroatoms. The molecule has 0 spiro atoms. The van der Waals surface area contributed by atoms with Crippen molar-refractivity contribution in [2.45, 2.75) is 32.2 Å². The maximum Gasteiger partial charge on any atom is 0.206 e. The number of furan rings is 1. The van der Waals surface area contributed by atoms with E-state index >= 15 is 0 Å². The van der Waals surface area contributed by atoms with Crippen LogP contribution >= 0.6 is 0 Å². The van der Waals surface area contributed by atoms with Crippen LogP contribution in [0.1, 0.15) is 31.9 Å². The summed E-state index contributed by atoms with van der Waals surface area (Å²) < 4.78 is 5.41. The molecule has 14 heavy (non-hydrogen) atoms. The van der Waals surface area contributed by atoms with E-state index in [2.05, 4.69) is 11.8 Å². The van der Waals surface area contributed by atoms with E-state index in [1.54, 1.807) is 6.07 Å². The highest BCUT2D eigenvalue weighted by Crippen LogP contribution is 2.25. The molecule has 1 aliphatic heterocycles. The van der Waals surface area contributed by atoms with Crippen LogP contribution in [-0.2, 0) is 0 Å². The molecule has 1 aromatic heterocycles. The second-order valence-electron chi connectivity index (χ2n) is 3.79. The Kier molecular flexibility index (Phi) is 2.45. The summed E-state index contributed by atoms with van der Waals surface area (Å²) in [6.45, 7) is 3.24. The SMILES string of the molecule is CC1CCCCN1c1ccc(C#N)o1. The summed E-state index contributed by atoms with van der Waals surface area (Å²) in [5.41, 5.74) is 0. The van der Waals surface area contributed by atoms with Crippen LogP contribution in [0.25, 0.3) is 0 Å². The van der Waals surface area contributed by atoms with Gasteiger partial charge < -0.3 is 9.32 Å². The summed E-state index contributed by atoms with van der Waals surface area (Å²) in [5.74, 6) is 1.24. The van der Waals surface area contributed by atoms with E-state index in [9.17, 15) is 0 Å². The maximum atomic E-state index is 8.65. The van der Waals surface area contributed by atoms with Crippen LogP contribution in [-0.4, -0.2) is 12.6 Å². The number of rotatable bonds is 1. The molecule has 1 atom stereocenters. The zero-order valence-corrected chi connectivity index (χ0v) is 8.36. The van der Waals surface area contributed by atoms with Gasteiger partial charge in [0.25, 0.3) is 0 Å². The summed E-state index contributed by atoms with van der Waals surface area (Å²) in [6, 6.07) is 6.16. The standard InChI is InChI=1S/C11H14N2O/c1-9-4-2-3-7-13(9)11-6-5-10(8-12)14-11/h5-6,9H,2-4,7H2,1H3. The van der Waals surface area contributed by atoms with Crippen molar-refractivity contribution >= 4 is 5.88 Å². The van der Waals surface area contributed by atoms with Crippen molar-refractivity contribution in [3.63, 3.8) is 0 Å². The van der Waals surface area contributed by atoms with Crippen molar-refractivity contribution in [3.05, 3.63) is 17.9 Å². The molecule has 1 saturated heterocycles. The molecule has 0 aliphatic carbocycles. The molecule has 0 radical (unpaired) electrons. The van der Waals surface area contributed by atoms with Crippen molar-refractivity contribution in [1.29, 1.82) is 5.26 Å². The monoisotopic (exact) mass is 190 g/mol. The van der Waals surface area contributed by atoms with Gasteiger partial charge in [-0.2, -0.15) is 5.26 Å². The third kappa shape index (κ3) is 1.60. The molecule has 0 saturated carbocycles. The van der Waals surface area contributed by atoms with Crippen LogP contribution in [0, 0.1) is 11.3 Å². The van der Waals surface area contributed by atoms with Gasteiger partial charge in [0.05, 0.1) is 0 Å². The van der Waals surface area contributed by atoms with Gasteiger partial charge >= 0.3 is 0 Å². The Labute approximate surface area is 83.9 Å². The number of anilines is 1. The highest BCUT2D eigenvalue weighted by molar-refractivity contribution is 5.40. The Morgan fingerprint density at radius 1 is 1.50 bits per heavy atom. The molecule has 1 aliphatic rings. The number of hydrogen-bond donors (Lipinski definition) is 0. The van der Waals surface area contributed by atoms with Crippen molar-refractivity contribution < 1.29 is 4.42 Å². The number of nitrogens with zero attached hydrogens (tertiary/aromatic N) is 2. The molecule has 0 N–H and O–H groups in total. The van der Waals surface area contributed by atoms with Crippen molar-refractivity contribution in [2.24, 2.45) is 0 Å². The van der Waals surface area contributed by atoms with Gasteiger partial charge in [-0.15, -0.1) is 0 Å². The smallest absolute Gasteiger partial charge is 0.206 e. The van der Waals surface area contributed by atoms with Gasteiger partial charge in [-0.05, 0) is 32.3 Å². The first-order valence-electron chi connectivity index (χ1n) is 5.08. The summed E-state index contributed by atoms with van der Waals surface area (Å²) in [4.78, 5) is 2.24. The van der Waals surface area contributed by atoms with Gasteiger partial charge in [-0.1, -0.05) is 0 Å². The Bertz CT molecular complexity index is 350. The minimum absolute atomic E-state index is 0.401. The normalized spacial score (nSPS) is 22.0. The lowest BCUT2D eigenvalue weighted by Crippen LogP contribution is -2.37. The van der Waals surface area contributed by atoms with E-state index < -0.39 is 0 Å². The van der Waals surface area contributed by atoms with Gasteiger partial charge in [0.15, 0.2) is 5.88 Å². The molecular weight excluding hydrogens is 176 g/mol. The lowest BCUT2D eigenvalue weighted by atomic mass is 10.0. The minimum Gasteiger partial charge on any atom is -0.430 e. The van der Waals surface area contributed by atoms with Gasteiger partial charge in [0, 0.05) is 18.7 Å². The number of hydrogen-bond acceptors (Lipinski definition) is 3. The van der Waals surface area contributed by atoms with E-state index in [0.717, 1.165) is 12.4 Å². The van der Waals surface area contributed by atoms with Gasteiger partial charge in [-0.25, -0.2) is 0 Å². The Hall–Kier alpha value is -1.43. The van der Waals surface area contributed by atoms with Crippen LogP contribution in [0.3, 0.4) is 0 Å². The Morgan fingerprint density at radius 2 is 2.36 bits per heavy atom. The van der Waals surface area contributed by atoms with Crippen LogP contribution in [0.5, 0.6) is 0 Å². The molecule has 74 valence electrons. The Morgan fingerprint density at radius 3 is 3.00 bits per heavy atom. The fourth-order valence-electron chi connectivity index (χ4n) is 1.97. The average Bonchev–Trinajstić information content (AvgIpc) is 2.67. The first kappa shape index (κ1) is 9.14. The summed E-state index contributed by atoms with van der Waals surface area (Å²) in [6.07, 6.45) is 3.72. The molecule has 2 heterocycles. The van der Waals surface area contributed by atoms with Crippen molar-refractivity contribution in [2.75, 3.05) is 11.4 Å². The van der Waals surface area contributed by atoms with E-state index in [1.165, 1.54) is 19.3 Å². The van der Waals surface area contributed by atoms with Crippen LogP contribution in [0.15, 0.2) is 16.5 Å². The summed E-state index contributed by atoms with van der Waals surface area (Å²) in [7, 11) is 0. The average molecular weight is 190 g/mol. The second kappa shape index (κ2) is 3.75. The third-order valence-electron chi connectivity index (χ3n) is 2.79. The molecule has 0 aromatic carbocycles. The van der Waals surface area contributed by atoms with Crippen LogP contribution < -0.4 is 4.90 Å². The molecule has 1 fully saturated rings. The fourth-order valence-corrected chi connectivity index (χ4v) is 1.97. The zero-order chi connectivity index (χ0) is 9.97. The fraction of sp³-hybridized carbons (Fsp3) is 0.545. The highest BCUT2D eigenvalue weighted by Gasteiger charge is 2.20. The topological polar surface area (TPSA) is 40.2 Å². The molecular formula is C11H14N2O. The first-order chi connectivity index (χ1) is 6.81. The molecule has 3 nitrogen and oxygen atoms in total. The van der Waals surface area contributed by atoms with E-state index in [1.807, 2.05) is 12.1 Å². The lowest BCUT2D eigenvalue weighted by Gasteiger charge is -2.32. The highest BCUT2D eigenvalue weighted by atomic mass is 16.4. The molecule has 1 aromatic rings. The maximum absolute atomic E-state index is 8.65. The predicted molar refractivity (Wildman–Crippen MR) is 54.1 cm³/mol. The third-order valence-corrected chi connectivity index (χ3v) is 2.79. The summed E-state index contributed by atoms with van der Waals surface area (Å²) in [5, 5.41) is 8.65. The quantitative estimate of drug-likeness (QED) is 0.683.